The van der Waals surface area contributed by atoms with Crippen molar-refractivity contribution in [2.75, 3.05) is 7.11 Å². The molecule has 0 aliphatic heterocycles. The van der Waals surface area contributed by atoms with E-state index in [-0.39, 0.29) is 22.8 Å². The van der Waals surface area contributed by atoms with Gasteiger partial charge in [-0.25, -0.2) is 14.4 Å². The van der Waals surface area contributed by atoms with Gasteiger partial charge < -0.3 is 14.6 Å². The lowest BCUT2D eigenvalue weighted by Gasteiger charge is -2.41. The molecule has 0 saturated carbocycles. The molecule has 32 heavy (non-hydrogen) atoms. The van der Waals surface area contributed by atoms with Crippen LogP contribution in [0.25, 0.3) is 11.1 Å². The zero-order valence-electron chi connectivity index (χ0n) is 18.5. The molecule has 0 bridgehead atoms. The number of aliphatic hydroxyl groups is 1. The molecule has 1 heterocycles. The van der Waals surface area contributed by atoms with Crippen molar-refractivity contribution in [1.82, 2.24) is 9.97 Å². The highest BCUT2D eigenvalue weighted by Gasteiger charge is 2.47. The van der Waals surface area contributed by atoms with Gasteiger partial charge in [-0.2, -0.15) is 8.78 Å². The Kier molecular flexibility index (Phi) is 6.20. The number of aromatic nitrogens is 2. The first-order chi connectivity index (χ1) is 14.9. The van der Waals surface area contributed by atoms with E-state index < -0.39 is 22.9 Å². The molecule has 0 spiro atoms. The summed E-state index contributed by atoms with van der Waals surface area (Å²) in [5, 5.41) is 11.8. The molecule has 0 radical (unpaired) electrons. The molecule has 3 rings (SSSR count). The molecule has 8 heteroatoms. The van der Waals surface area contributed by atoms with E-state index in [2.05, 4.69) is 14.7 Å². The van der Waals surface area contributed by atoms with E-state index in [9.17, 15) is 13.9 Å². The maximum atomic E-state index is 15.4. The quantitative estimate of drug-likeness (QED) is 0.537. The lowest BCUT2D eigenvalue weighted by atomic mass is 9.68. The molecule has 1 unspecified atom stereocenters. The van der Waals surface area contributed by atoms with E-state index in [4.69, 9.17) is 4.74 Å². The van der Waals surface area contributed by atoms with Gasteiger partial charge in [0.1, 0.15) is 23.5 Å². The summed E-state index contributed by atoms with van der Waals surface area (Å²) < 4.78 is 51.3. The third-order valence-corrected chi connectivity index (χ3v) is 5.19. The van der Waals surface area contributed by atoms with Crippen LogP contribution >= 0.6 is 0 Å². The Morgan fingerprint density at radius 2 is 1.53 bits per heavy atom. The molecular weight excluding hydrogens is 421 g/mol. The number of nitrogens with zero attached hydrogens (tertiary/aromatic N) is 2. The van der Waals surface area contributed by atoms with Gasteiger partial charge in [0.05, 0.1) is 12.7 Å². The van der Waals surface area contributed by atoms with Gasteiger partial charge in [0.25, 0.3) is 0 Å². The second-order valence-electron chi connectivity index (χ2n) is 8.53. The normalized spacial score (nSPS) is 14.0. The van der Waals surface area contributed by atoms with E-state index in [1.54, 1.807) is 39.0 Å². The van der Waals surface area contributed by atoms with Crippen LogP contribution in [0.2, 0.25) is 0 Å². The number of hydrogen-bond acceptors (Lipinski definition) is 5. The summed E-state index contributed by atoms with van der Waals surface area (Å²) in [5.41, 5.74) is -1.27. The molecule has 0 fully saturated rings. The van der Waals surface area contributed by atoms with Crippen molar-refractivity contribution in [1.29, 1.82) is 0 Å². The Balaban J connectivity index is 2.05. The summed E-state index contributed by atoms with van der Waals surface area (Å²) in [6.07, 6.45) is -0.603. The van der Waals surface area contributed by atoms with E-state index >= 15 is 4.39 Å². The molecule has 0 saturated heterocycles. The van der Waals surface area contributed by atoms with Crippen molar-refractivity contribution in [3.8, 4) is 22.8 Å². The monoisotopic (exact) mass is 446 g/mol. The fourth-order valence-corrected chi connectivity index (χ4v) is 3.59. The first-order valence-electron chi connectivity index (χ1n) is 9.91. The highest BCUT2D eigenvalue weighted by Crippen LogP contribution is 2.48. The fraction of sp³-hybridized carbons (Fsp3) is 0.333. The number of alkyl halides is 2. The Morgan fingerprint density at radius 3 is 2.06 bits per heavy atom. The predicted molar refractivity (Wildman–Crippen MR) is 114 cm³/mol. The number of benzene rings is 2. The number of halogens is 3. The highest BCUT2D eigenvalue weighted by molar-refractivity contribution is 5.65. The zero-order valence-corrected chi connectivity index (χ0v) is 18.5. The van der Waals surface area contributed by atoms with Gasteiger partial charge in [0.2, 0.25) is 5.88 Å². The topological polar surface area (TPSA) is 64.5 Å². The molecule has 0 amide bonds. The van der Waals surface area contributed by atoms with Gasteiger partial charge >= 0.3 is 6.11 Å². The fourth-order valence-electron chi connectivity index (χ4n) is 3.59. The van der Waals surface area contributed by atoms with Gasteiger partial charge in [-0.1, -0.05) is 45.0 Å². The summed E-state index contributed by atoms with van der Waals surface area (Å²) in [4.78, 5) is 8.04. The second kappa shape index (κ2) is 8.43. The smallest absolute Gasteiger partial charge is 0.394 e. The van der Waals surface area contributed by atoms with Crippen LogP contribution in [0, 0.1) is 11.2 Å². The molecular formula is C24H25F3N2O3. The zero-order chi connectivity index (χ0) is 23.7. The van der Waals surface area contributed by atoms with Crippen LogP contribution in [0.15, 0.2) is 55.0 Å². The van der Waals surface area contributed by atoms with Gasteiger partial charge in [-0.05, 0) is 34.7 Å². The van der Waals surface area contributed by atoms with Crippen LogP contribution in [0.5, 0.6) is 11.6 Å². The summed E-state index contributed by atoms with van der Waals surface area (Å²) in [6.45, 7) is 5.97. The van der Waals surface area contributed by atoms with E-state index in [1.807, 2.05) is 0 Å². The number of methoxy groups -OCH3 is 1. The minimum absolute atomic E-state index is 0.00313. The number of ether oxygens (including phenoxy) is 2. The second-order valence-corrected chi connectivity index (χ2v) is 8.53. The third kappa shape index (κ3) is 4.55. The molecule has 3 aromatic rings. The summed E-state index contributed by atoms with van der Waals surface area (Å²) >= 11 is 0. The van der Waals surface area contributed by atoms with E-state index in [0.29, 0.717) is 18.1 Å². The van der Waals surface area contributed by atoms with Crippen LogP contribution < -0.4 is 9.47 Å². The van der Waals surface area contributed by atoms with Crippen molar-refractivity contribution in [3.63, 3.8) is 0 Å². The lowest BCUT2D eigenvalue weighted by molar-refractivity contribution is -0.158. The Labute approximate surface area is 184 Å². The van der Waals surface area contributed by atoms with Crippen LogP contribution in [0.3, 0.4) is 0 Å². The standard InChI is InChI=1S/C24H25F3N2O3/c1-22(2,3)24(30,19-13-28-14-29-21(19)31-5)18-11-8-16(12-20(18)25)15-6-9-17(10-7-15)32-23(4,26)27/h6-14,30H,1-5H3. The summed E-state index contributed by atoms with van der Waals surface area (Å²) in [5.74, 6) is -0.507. The van der Waals surface area contributed by atoms with Crippen molar-refractivity contribution in [2.24, 2.45) is 5.41 Å². The molecule has 0 aliphatic carbocycles. The molecule has 5 nitrogen and oxygen atoms in total. The highest BCUT2D eigenvalue weighted by atomic mass is 19.3. The third-order valence-electron chi connectivity index (χ3n) is 5.19. The van der Waals surface area contributed by atoms with E-state index in [1.165, 1.54) is 43.9 Å². The molecule has 0 aliphatic rings. The maximum absolute atomic E-state index is 15.4. The van der Waals surface area contributed by atoms with Crippen LogP contribution in [0.4, 0.5) is 13.2 Å². The van der Waals surface area contributed by atoms with Gasteiger partial charge in [0, 0.05) is 18.7 Å². The minimum atomic E-state index is -3.30. The Hall–Kier alpha value is -3.13. The van der Waals surface area contributed by atoms with Crippen LogP contribution in [0.1, 0.15) is 38.8 Å². The predicted octanol–water partition coefficient (Wildman–Crippen LogP) is 5.56. The van der Waals surface area contributed by atoms with Crippen LogP contribution in [-0.2, 0) is 5.60 Å². The van der Waals surface area contributed by atoms with Crippen LogP contribution in [-0.4, -0.2) is 28.3 Å². The molecule has 1 aromatic heterocycles. The average Bonchev–Trinajstić information content (AvgIpc) is 2.71. The number of rotatable bonds is 6. The SMILES string of the molecule is COc1ncncc1C(O)(c1ccc(-c2ccc(OC(C)(F)F)cc2)cc1F)C(C)(C)C. The van der Waals surface area contributed by atoms with Gasteiger partial charge in [0.15, 0.2) is 0 Å². The van der Waals surface area contributed by atoms with Crippen molar-refractivity contribution in [3.05, 3.63) is 71.9 Å². The largest absolute Gasteiger partial charge is 0.481 e. The Bertz CT molecular complexity index is 1090. The van der Waals surface area contributed by atoms with Crippen molar-refractivity contribution >= 4 is 0 Å². The van der Waals surface area contributed by atoms with Crippen molar-refractivity contribution < 1.29 is 27.8 Å². The van der Waals surface area contributed by atoms with Crippen molar-refractivity contribution in [2.45, 2.75) is 39.4 Å². The molecule has 170 valence electrons. The lowest BCUT2D eigenvalue weighted by Crippen LogP contribution is -2.42. The summed E-state index contributed by atoms with van der Waals surface area (Å²) in [6, 6.07) is 10.3. The molecule has 1 atom stereocenters. The van der Waals surface area contributed by atoms with E-state index in [0.717, 1.165) is 0 Å². The first-order valence-corrected chi connectivity index (χ1v) is 9.91. The molecule has 1 N–H and O–H groups in total. The van der Waals surface area contributed by atoms with Gasteiger partial charge in [-0.3, -0.25) is 0 Å². The molecule has 2 aromatic carbocycles. The maximum Gasteiger partial charge on any atom is 0.394 e. The minimum Gasteiger partial charge on any atom is -0.481 e. The summed E-state index contributed by atoms with van der Waals surface area (Å²) in [7, 11) is 1.41. The Morgan fingerprint density at radius 1 is 0.906 bits per heavy atom. The van der Waals surface area contributed by atoms with Gasteiger partial charge in [-0.15, -0.1) is 0 Å². The first kappa shape index (κ1) is 23.5. The average molecular weight is 446 g/mol. The number of hydrogen-bond donors (Lipinski definition) is 1.